The highest BCUT2D eigenvalue weighted by Gasteiger charge is 2.21. The summed E-state index contributed by atoms with van der Waals surface area (Å²) in [7, 11) is 5.90. The van der Waals surface area contributed by atoms with Crippen LogP contribution in [0.5, 0.6) is 0 Å². The van der Waals surface area contributed by atoms with Gasteiger partial charge in [0.1, 0.15) is 13.2 Å². The highest BCUT2D eigenvalue weighted by Crippen LogP contribution is 2.15. The number of likely N-dealkylation sites (N-methyl/N-ethyl adjacent to an activating group) is 1. The van der Waals surface area contributed by atoms with Crippen LogP contribution in [0.15, 0.2) is 12.2 Å². The number of carboxylic acid groups (broad SMARTS) is 1. The maximum atomic E-state index is 12.7. The monoisotopic (exact) mass is 754 g/mol. The fraction of sp³-hybridized carbons (Fsp3) is 0.886. The van der Waals surface area contributed by atoms with Crippen molar-refractivity contribution in [2.75, 3.05) is 47.5 Å². The van der Waals surface area contributed by atoms with Crippen LogP contribution in [0.1, 0.15) is 194 Å². The molecule has 0 amide bonds. The Labute approximate surface area is 325 Å². The predicted octanol–water partition coefficient (Wildman–Crippen LogP) is 9.78. The zero-order valence-corrected chi connectivity index (χ0v) is 35.2. The van der Waals surface area contributed by atoms with Gasteiger partial charge in [-0.15, -0.1) is 0 Å². The molecule has 0 aliphatic carbocycles. The third-order valence-corrected chi connectivity index (χ3v) is 9.49. The molecule has 0 aliphatic heterocycles. The van der Waals surface area contributed by atoms with E-state index in [0.29, 0.717) is 23.9 Å². The van der Waals surface area contributed by atoms with E-state index in [0.717, 1.165) is 57.8 Å². The third-order valence-electron chi connectivity index (χ3n) is 9.49. The van der Waals surface area contributed by atoms with Crippen molar-refractivity contribution in [1.82, 2.24) is 0 Å². The molecule has 0 N–H and O–H groups in total. The van der Waals surface area contributed by atoms with Gasteiger partial charge < -0.3 is 33.3 Å². The Morgan fingerprint density at radius 3 is 1.47 bits per heavy atom. The SMILES string of the molecule is CCC/C=C\CCCCCCCC(=O)OC(COC(=O)CCCCCCCCCCCCCCCCCCCC)COC(OCC[N+](C)(C)C)C(=O)[O-]. The highest BCUT2D eigenvalue weighted by molar-refractivity contribution is 5.70. The van der Waals surface area contributed by atoms with Crippen molar-refractivity contribution < 1.29 is 42.9 Å². The molecule has 0 radical (unpaired) electrons. The number of nitrogens with zero attached hydrogens (tertiary/aromatic N) is 1. The van der Waals surface area contributed by atoms with Gasteiger partial charge in [0.05, 0.1) is 40.3 Å². The van der Waals surface area contributed by atoms with Crippen LogP contribution in [0.3, 0.4) is 0 Å². The standard InChI is InChI=1S/C44H83NO8/c1-6-8-10-12-14-16-18-19-20-21-22-23-24-25-27-28-30-32-34-41(46)51-38-40(39-52-44(43(48)49)50-37-36-45(3,4)5)53-42(47)35-33-31-29-26-17-15-13-11-9-7-2/h11,13,40,44H,6-10,12,14-39H2,1-5H3/b13-11-. The van der Waals surface area contributed by atoms with Crippen LogP contribution in [0.4, 0.5) is 0 Å². The Balaban J connectivity index is 4.35. The molecule has 2 atom stereocenters. The van der Waals surface area contributed by atoms with Gasteiger partial charge in [0.2, 0.25) is 0 Å². The molecule has 2 unspecified atom stereocenters. The summed E-state index contributed by atoms with van der Waals surface area (Å²) in [5, 5.41) is 11.6. The van der Waals surface area contributed by atoms with Crippen molar-refractivity contribution in [1.29, 1.82) is 0 Å². The molecule has 0 fully saturated rings. The summed E-state index contributed by atoms with van der Waals surface area (Å²) >= 11 is 0. The molecule has 0 saturated heterocycles. The van der Waals surface area contributed by atoms with Crippen molar-refractivity contribution in [3.8, 4) is 0 Å². The van der Waals surface area contributed by atoms with Crippen LogP contribution in [0.2, 0.25) is 0 Å². The topological polar surface area (TPSA) is 111 Å². The van der Waals surface area contributed by atoms with Crippen LogP contribution >= 0.6 is 0 Å². The minimum Gasteiger partial charge on any atom is -0.545 e. The molecule has 0 saturated carbocycles. The first-order valence-corrected chi connectivity index (χ1v) is 21.8. The van der Waals surface area contributed by atoms with Crippen molar-refractivity contribution >= 4 is 17.9 Å². The molecule has 9 nitrogen and oxygen atoms in total. The Hall–Kier alpha value is -1.97. The fourth-order valence-corrected chi connectivity index (χ4v) is 6.07. The maximum absolute atomic E-state index is 12.7. The first-order valence-electron chi connectivity index (χ1n) is 21.8. The van der Waals surface area contributed by atoms with E-state index in [1.165, 1.54) is 103 Å². The summed E-state index contributed by atoms with van der Waals surface area (Å²) in [6.07, 6.45) is 33.9. The number of unbranched alkanes of at least 4 members (excludes halogenated alkanes) is 23. The highest BCUT2D eigenvalue weighted by atomic mass is 16.7. The first-order chi connectivity index (χ1) is 25.6. The van der Waals surface area contributed by atoms with Crippen molar-refractivity contribution in [3.05, 3.63) is 12.2 Å². The average Bonchev–Trinajstić information content (AvgIpc) is 3.11. The summed E-state index contributed by atoms with van der Waals surface area (Å²) < 4.78 is 22.5. The second kappa shape index (κ2) is 37.0. The number of hydrogen-bond donors (Lipinski definition) is 0. The Morgan fingerprint density at radius 1 is 0.547 bits per heavy atom. The summed E-state index contributed by atoms with van der Waals surface area (Å²) in [5.74, 6) is -2.29. The van der Waals surface area contributed by atoms with E-state index in [1.807, 2.05) is 21.1 Å². The van der Waals surface area contributed by atoms with Crippen LogP contribution in [0.25, 0.3) is 0 Å². The number of allylic oxidation sites excluding steroid dienone is 2. The minimum atomic E-state index is -1.62. The molecule has 0 aromatic rings. The molecule has 0 spiro atoms. The number of aliphatic carboxylic acids is 1. The Kier molecular flexibility index (Phi) is 35.6. The predicted molar refractivity (Wildman–Crippen MR) is 214 cm³/mol. The smallest absolute Gasteiger partial charge is 0.306 e. The number of carbonyl (C=O) groups excluding carboxylic acids is 3. The fourth-order valence-electron chi connectivity index (χ4n) is 6.07. The van der Waals surface area contributed by atoms with Gasteiger partial charge in [-0.25, -0.2) is 0 Å². The van der Waals surface area contributed by atoms with Crippen molar-refractivity contribution in [3.63, 3.8) is 0 Å². The zero-order valence-electron chi connectivity index (χ0n) is 35.2. The number of carbonyl (C=O) groups is 3. The van der Waals surface area contributed by atoms with Gasteiger partial charge in [0.15, 0.2) is 12.4 Å². The van der Waals surface area contributed by atoms with Gasteiger partial charge in [-0.3, -0.25) is 9.59 Å². The Bertz CT molecular complexity index is 887. The zero-order chi connectivity index (χ0) is 39.3. The van der Waals surface area contributed by atoms with Gasteiger partial charge in [-0.2, -0.15) is 0 Å². The first kappa shape index (κ1) is 51.0. The van der Waals surface area contributed by atoms with Gasteiger partial charge in [-0.1, -0.05) is 161 Å². The van der Waals surface area contributed by atoms with Crippen LogP contribution in [-0.2, 0) is 33.3 Å². The van der Waals surface area contributed by atoms with E-state index >= 15 is 0 Å². The number of quaternary nitrogens is 1. The average molecular weight is 754 g/mol. The van der Waals surface area contributed by atoms with E-state index in [4.69, 9.17) is 18.9 Å². The number of rotatable bonds is 40. The molecule has 0 aromatic carbocycles. The second-order valence-electron chi connectivity index (χ2n) is 16.0. The van der Waals surface area contributed by atoms with E-state index < -0.39 is 24.3 Å². The lowest BCUT2D eigenvalue weighted by Gasteiger charge is -2.26. The molecule has 53 heavy (non-hydrogen) atoms. The number of ether oxygens (including phenoxy) is 4. The maximum Gasteiger partial charge on any atom is 0.306 e. The van der Waals surface area contributed by atoms with Crippen molar-refractivity contribution in [2.45, 2.75) is 206 Å². The minimum absolute atomic E-state index is 0.149. The van der Waals surface area contributed by atoms with Gasteiger partial charge >= 0.3 is 11.9 Å². The summed E-state index contributed by atoms with van der Waals surface area (Å²) in [6, 6.07) is 0. The molecule has 0 rings (SSSR count). The van der Waals surface area contributed by atoms with Crippen LogP contribution in [0, 0.1) is 0 Å². The van der Waals surface area contributed by atoms with Gasteiger partial charge in [-0.05, 0) is 32.1 Å². The molecule has 0 bridgehead atoms. The van der Waals surface area contributed by atoms with Crippen molar-refractivity contribution in [2.24, 2.45) is 0 Å². The van der Waals surface area contributed by atoms with E-state index in [-0.39, 0.29) is 32.2 Å². The van der Waals surface area contributed by atoms with Gasteiger partial charge in [0, 0.05) is 12.8 Å². The van der Waals surface area contributed by atoms with Crippen LogP contribution in [-0.4, -0.2) is 82.3 Å². The molecule has 0 aliphatic rings. The van der Waals surface area contributed by atoms with E-state index in [9.17, 15) is 19.5 Å². The number of hydrogen-bond acceptors (Lipinski definition) is 8. The molecular formula is C44H83NO8. The lowest BCUT2D eigenvalue weighted by atomic mass is 10.0. The number of esters is 2. The number of carboxylic acids is 1. The molecule has 9 heteroatoms. The van der Waals surface area contributed by atoms with E-state index in [1.54, 1.807) is 0 Å². The largest absolute Gasteiger partial charge is 0.545 e. The second-order valence-corrected chi connectivity index (χ2v) is 16.0. The third kappa shape index (κ3) is 38.1. The summed E-state index contributed by atoms with van der Waals surface area (Å²) in [6.45, 7) is 4.68. The van der Waals surface area contributed by atoms with E-state index in [2.05, 4.69) is 26.0 Å². The molecule has 0 heterocycles. The quantitative estimate of drug-likeness (QED) is 0.0200. The van der Waals surface area contributed by atoms with Gasteiger partial charge in [0.25, 0.3) is 0 Å². The lowest BCUT2D eigenvalue weighted by molar-refractivity contribution is -0.870. The molecule has 0 aromatic heterocycles. The Morgan fingerprint density at radius 2 is 1.00 bits per heavy atom. The lowest BCUT2D eigenvalue weighted by Crippen LogP contribution is -2.44. The summed E-state index contributed by atoms with van der Waals surface area (Å²) in [4.78, 5) is 36.8. The van der Waals surface area contributed by atoms with Crippen LogP contribution < -0.4 is 5.11 Å². The summed E-state index contributed by atoms with van der Waals surface area (Å²) in [5.41, 5.74) is 0. The normalized spacial score (nSPS) is 13.0. The molecular weight excluding hydrogens is 670 g/mol. The molecule has 312 valence electrons.